The van der Waals surface area contributed by atoms with E-state index in [1.165, 1.54) is 11.8 Å². The van der Waals surface area contributed by atoms with Gasteiger partial charge >= 0.3 is 0 Å². The molecular weight excluding hydrogens is 508 g/mol. The molecule has 0 atom stereocenters. The summed E-state index contributed by atoms with van der Waals surface area (Å²) < 4.78 is 13.1. The third-order valence-corrected chi connectivity index (χ3v) is 6.79. The lowest BCUT2D eigenvalue weighted by atomic mass is 10.1. The van der Waals surface area contributed by atoms with E-state index >= 15 is 0 Å². The Kier molecular flexibility index (Phi) is 7.58. The standard InChI is InChI=1S/C28H23ClN4O3S/c1-35-22-15-11-21(12-16-22)33-26(17-36-23-13-9-20(29)10-14-23)31-32-28(33)37-18-27(34)30-25-8-4-6-19-5-2-3-7-24(19)25/h2-16H,17-18H2,1H3,(H,30,34). The molecule has 37 heavy (non-hydrogen) atoms. The highest BCUT2D eigenvalue weighted by Crippen LogP contribution is 2.27. The monoisotopic (exact) mass is 530 g/mol. The highest BCUT2D eigenvalue weighted by Gasteiger charge is 2.17. The van der Waals surface area contributed by atoms with Crippen molar-refractivity contribution in [1.29, 1.82) is 0 Å². The van der Waals surface area contributed by atoms with E-state index in [0.717, 1.165) is 27.9 Å². The number of carbonyl (C=O) groups is 1. The van der Waals surface area contributed by atoms with E-state index in [0.29, 0.717) is 21.8 Å². The lowest BCUT2D eigenvalue weighted by Gasteiger charge is -2.12. The molecule has 7 nitrogen and oxygen atoms in total. The number of methoxy groups -OCH3 is 1. The summed E-state index contributed by atoms with van der Waals surface area (Å²) in [5.74, 6) is 2.02. The molecule has 5 rings (SSSR count). The van der Waals surface area contributed by atoms with Crippen LogP contribution in [0.5, 0.6) is 11.5 Å². The summed E-state index contributed by atoms with van der Waals surface area (Å²) in [7, 11) is 1.62. The number of hydrogen-bond donors (Lipinski definition) is 1. The molecule has 1 heterocycles. The van der Waals surface area contributed by atoms with Crippen molar-refractivity contribution in [3.05, 3.63) is 102 Å². The Balaban J connectivity index is 1.34. The highest BCUT2D eigenvalue weighted by atomic mass is 35.5. The fraction of sp³-hybridized carbons (Fsp3) is 0.107. The lowest BCUT2D eigenvalue weighted by Crippen LogP contribution is -2.15. The van der Waals surface area contributed by atoms with Gasteiger partial charge in [-0.2, -0.15) is 0 Å². The number of fused-ring (bicyclic) bond motifs is 1. The van der Waals surface area contributed by atoms with Gasteiger partial charge in [0.2, 0.25) is 5.91 Å². The van der Waals surface area contributed by atoms with Crippen LogP contribution in [0.2, 0.25) is 5.02 Å². The van der Waals surface area contributed by atoms with Gasteiger partial charge in [-0.3, -0.25) is 9.36 Å². The van der Waals surface area contributed by atoms with Crippen molar-refractivity contribution in [3.63, 3.8) is 0 Å². The van der Waals surface area contributed by atoms with Gasteiger partial charge in [0.05, 0.1) is 12.9 Å². The van der Waals surface area contributed by atoms with Crippen molar-refractivity contribution in [2.75, 3.05) is 18.2 Å². The molecule has 0 aliphatic rings. The molecule has 1 N–H and O–H groups in total. The van der Waals surface area contributed by atoms with Crippen molar-refractivity contribution in [1.82, 2.24) is 14.8 Å². The molecule has 0 saturated heterocycles. The van der Waals surface area contributed by atoms with Crippen LogP contribution >= 0.6 is 23.4 Å². The van der Waals surface area contributed by atoms with Crippen LogP contribution in [-0.4, -0.2) is 33.5 Å². The molecule has 4 aromatic carbocycles. The van der Waals surface area contributed by atoms with Crippen molar-refractivity contribution < 1.29 is 14.3 Å². The van der Waals surface area contributed by atoms with Gasteiger partial charge in [0.1, 0.15) is 18.1 Å². The summed E-state index contributed by atoms with van der Waals surface area (Å²) in [6, 6.07) is 28.5. The molecule has 0 saturated carbocycles. The number of ether oxygens (including phenoxy) is 2. The van der Waals surface area contributed by atoms with Crippen LogP contribution in [0.3, 0.4) is 0 Å². The number of hydrogen-bond acceptors (Lipinski definition) is 6. The second kappa shape index (κ2) is 11.4. The van der Waals surface area contributed by atoms with E-state index in [-0.39, 0.29) is 18.3 Å². The Hall–Kier alpha value is -4.01. The summed E-state index contributed by atoms with van der Waals surface area (Å²) >= 11 is 7.28. The van der Waals surface area contributed by atoms with Gasteiger partial charge in [0, 0.05) is 21.8 Å². The minimum Gasteiger partial charge on any atom is -0.497 e. The van der Waals surface area contributed by atoms with Gasteiger partial charge in [-0.25, -0.2) is 0 Å². The third-order valence-electron chi connectivity index (χ3n) is 5.61. The summed E-state index contributed by atoms with van der Waals surface area (Å²) in [4.78, 5) is 12.9. The molecule has 0 fully saturated rings. The summed E-state index contributed by atoms with van der Waals surface area (Å²) in [5.41, 5.74) is 1.61. The largest absolute Gasteiger partial charge is 0.497 e. The van der Waals surface area contributed by atoms with Crippen LogP contribution in [0.4, 0.5) is 5.69 Å². The number of nitrogens with one attached hydrogen (secondary N) is 1. The molecule has 0 radical (unpaired) electrons. The fourth-order valence-corrected chi connectivity index (χ4v) is 4.70. The molecule has 1 amide bonds. The van der Waals surface area contributed by atoms with Crippen LogP contribution in [0, 0.1) is 0 Å². The van der Waals surface area contributed by atoms with Gasteiger partial charge < -0.3 is 14.8 Å². The van der Waals surface area contributed by atoms with E-state index in [1.807, 2.05) is 71.3 Å². The lowest BCUT2D eigenvalue weighted by molar-refractivity contribution is -0.113. The number of amides is 1. The molecule has 9 heteroatoms. The predicted octanol–water partition coefficient (Wildman–Crippen LogP) is 6.39. The topological polar surface area (TPSA) is 78.3 Å². The first kappa shape index (κ1) is 24.7. The van der Waals surface area contributed by atoms with Crippen LogP contribution < -0.4 is 14.8 Å². The number of nitrogens with zero attached hydrogens (tertiary/aromatic N) is 3. The van der Waals surface area contributed by atoms with E-state index in [1.54, 1.807) is 31.4 Å². The van der Waals surface area contributed by atoms with E-state index < -0.39 is 0 Å². The van der Waals surface area contributed by atoms with Crippen molar-refractivity contribution in [3.8, 4) is 17.2 Å². The quantitative estimate of drug-likeness (QED) is 0.222. The van der Waals surface area contributed by atoms with E-state index in [2.05, 4.69) is 15.5 Å². The molecule has 1 aromatic heterocycles. The third kappa shape index (κ3) is 5.87. The molecule has 0 aliphatic heterocycles. The van der Waals surface area contributed by atoms with E-state index in [4.69, 9.17) is 21.1 Å². The maximum atomic E-state index is 12.9. The van der Waals surface area contributed by atoms with Crippen LogP contribution in [0.1, 0.15) is 5.82 Å². The summed E-state index contributed by atoms with van der Waals surface area (Å²) in [5, 5.41) is 15.0. The molecule has 0 unspecified atom stereocenters. The first-order chi connectivity index (χ1) is 18.1. The average Bonchev–Trinajstić information content (AvgIpc) is 3.34. The van der Waals surface area contributed by atoms with Gasteiger partial charge in [-0.1, -0.05) is 59.8 Å². The van der Waals surface area contributed by atoms with Crippen LogP contribution in [0.15, 0.2) is 96.2 Å². The summed E-state index contributed by atoms with van der Waals surface area (Å²) in [6.07, 6.45) is 0. The average molecular weight is 531 g/mol. The molecule has 0 bridgehead atoms. The number of carbonyl (C=O) groups excluding carboxylic acids is 1. The smallest absolute Gasteiger partial charge is 0.234 e. The molecule has 0 aliphatic carbocycles. The van der Waals surface area contributed by atoms with E-state index in [9.17, 15) is 4.79 Å². The SMILES string of the molecule is COc1ccc(-n2c(COc3ccc(Cl)cc3)nnc2SCC(=O)Nc2cccc3ccccc23)cc1. The Morgan fingerprint density at radius 1 is 0.919 bits per heavy atom. The first-order valence-corrected chi connectivity index (χ1v) is 12.8. The maximum Gasteiger partial charge on any atom is 0.234 e. The summed E-state index contributed by atoms with van der Waals surface area (Å²) in [6.45, 7) is 0.184. The number of aromatic nitrogens is 3. The second-order valence-corrected chi connectivity index (χ2v) is 9.42. The Bertz CT molecular complexity index is 1520. The molecule has 0 spiro atoms. The number of thioether (sulfide) groups is 1. The van der Waals surface area contributed by atoms with Crippen LogP contribution in [-0.2, 0) is 11.4 Å². The van der Waals surface area contributed by atoms with Crippen molar-refractivity contribution in [2.24, 2.45) is 0 Å². The van der Waals surface area contributed by atoms with Gasteiger partial charge in [0.25, 0.3) is 0 Å². The first-order valence-electron chi connectivity index (χ1n) is 11.5. The zero-order valence-electron chi connectivity index (χ0n) is 19.9. The predicted molar refractivity (Wildman–Crippen MR) is 147 cm³/mol. The number of benzene rings is 4. The minimum absolute atomic E-state index is 0.135. The van der Waals surface area contributed by atoms with Gasteiger partial charge in [-0.15, -0.1) is 10.2 Å². The minimum atomic E-state index is -0.135. The highest BCUT2D eigenvalue weighted by molar-refractivity contribution is 7.99. The number of rotatable bonds is 9. The number of anilines is 1. The molecular formula is C28H23ClN4O3S. The zero-order chi connectivity index (χ0) is 25.6. The Labute approximate surface area is 223 Å². The Morgan fingerprint density at radius 2 is 1.65 bits per heavy atom. The molecule has 186 valence electrons. The normalized spacial score (nSPS) is 10.9. The maximum absolute atomic E-state index is 12.9. The second-order valence-electron chi connectivity index (χ2n) is 8.04. The fourth-order valence-electron chi connectivity index (χ4n) is 3.81. The van der Waals surface area contributed by atoms with Gasteiger partial charge in [0.15, 0.2) is 11.0 Å². The molecule has 5 aromatic rings. The Morgan fingerprint density at radius 3 is 2.43 bits per heavy atom. The number of halogens is 1. The van der Waals surface area contributed by atoms with Gasteiger partial charge in [-0.05, 0) is 60.0 Å². The van der Waals surface area contributed by atoms with Crippen LogP contribution in [0.25, 0.3) is 16.5 Å². The van der Waals surface area contributed by atoms with Crippen molar-refractivity contribution >= 4 is 45.7 Å². The zero-order valence-corrected chi connectivity index (χ0v) is 21.5. The van der Waals surface area contributed by atoms with Crippen molar-refractivity contribution in [2.45, 2.75) is 11.8 Å².